The van der Waals surface area contributed by atoms with Crippen LogP contribution in [0.3, 0.4) is 0 Å². The van der Waals surface area contributed by atoms with Crippen molar-refractivity contribution >= 4 is 17.5 Å². The van der Waals surface area contributed by atoms with Crippen LogP contribution in [0.4, 0.5) is 4.39 Å². The number of aromatic nitrogens is 4. The molecule has 4 aromatic rings. The van der Waals surface area contributed by atoms with Gasteiger partial charge in [-0.2, -0.15) is 0 Å². The predicted octanol–water partition coefficient (Wildman–Crippen LogP) is 4.65. The summed E-state index contributed by atoms with van der Waals surface area (Å²) in [5.41, 5.74) is 2.91. The van der Waals surface area contributed by atoms with Crippen LogP contribution < -0.4 is 0 Å². The van der Waals surface area contributed by atoms with E-state index in [2.05, 4.69) is 19.7 Å². The highest BCUT2D eigenvalue weighted by Crippen LogP contribution is 2.24. The Morgan fingerprint density at radius 2 is 2.07 bits per heavy atom. The van der Waals surface area contributed by atoms with Gasteiger partial charge in [-0.15, -0.1) is 5.10 Å². The molecule has 0 bridgehead atoms. The van der Waals surface area contributed by atoms with Crippen molar-refractivity contribution in [2.24, 2.45) is 0 Å². The van der Waals surface area contributed by atoms with Gasteiger partial charge in [-0.25, -0.2) is 9.37 Å². The van der Waals surface area contributed by atoms with Gasteiger partial charge in [-0.05, 0) is 44.2 Å². The van der Waals surface area contributed by atoms with Gasteiger partial charge in [0, 0.05) is 17.0 Å². The number of carbonyl (C=O) groups is 1. The molecule has 29 heavy (non-hydrogen) atoms. The number of aryl methyl sites for hydroxylation is 1. The summed E-state index contributed by atoms with van der Waals surface area (Å²) in [6.45, 7) is 4.48. The van der Waals surface area contributed by atoms with Crippen molar-refractivity contribution in [1.29, 1.82) is 0 Å². The van der Waals surface area contributed by atoms with Crippen LogP contribution in [0.1, 0.15) is 27.5 Å². The molecule has 148 valence electrons. The maximum Gasteiger partial charge on any atom is 0.209 e. The number of carbonyl (C=O) groups excluding carboxylic acids is 1. The Hall–Kier alpha value is -3.13. The lowest BCUT2D eigenvalue weighted by Gasteiger charge is -2.07. The Morgan fingerprint density at radius 1 is 1.24 bits per heavy atom. The first kappa shape index (κ1) is 19.2. The number of nitrogens with one attached hydrogen (secondary N) is 1. The Bertz CT molecular complexity index is 1150. The lowest BCUT2D eigenvalue weighted by atomic mass is 10.2. The van der Waals surface area contributed by atoms with Crippen molar-refractivity contribution in [2.75, 3.05) is 5.75 Å². The minimum atomic E-state index is -0.375. The summed E-state index contributed by atoms with van der Waals surface area (Å²) in [7, 11) is 0. The number of halogens is 1. The molecule has 1 aromatic carbocycles. The van der Waals surface area contributed by atoms with E-state index in [4.69, 9.17) is 4.42 Å². The molecule has 6 nitrogen and oxygen atoms in total. The summed E-state index contributed by atoms with van der Waals surface area (Å²) >= 11 is 1.22. The molecule has 0 aliphatic carbocycles. The number of furan rings is 1. The summed E-state index contributed by atoms with van der Waals surface area (Å²) in [5, 5.41) is 7.22. The second-order valence-electron chi connectivity index (χ2n) is 6.61. The van der Waals surface area contributed by atoms with Gasteiger partial charge in [-0.1, -0.05) is 23.9 Å². The highest BCUT2D eigenvalue weighted by molar-refractivity contribution is 7.99. The third-order valence-electron chi connectivity index (χ3n) is 4.69. The molecule has 0 radical (unpaired) electrons. The zero-order chi connectivity index (χ0) is 20.4. The number of thioether (sulfide) groups is 1. The van der Waals surface area contributed by atoms with E-state index < -0.39 is 0 Å². The van der Waals surface area contributed by atoms with Gasteiger partial charge in [0.15, 0.2) is 11.6 Å². The maximum absolute atomic E-state index is 13.9. The Morgan fingerprint density at radius 3 is 2.83 bits per heavy atom. The molecule has 0 atom stereocenters. The van der Waals surface area contributed by atoms with Crippen LogP contribution >= 0.6 is 11.8 Å². The lowest BCUT2D eigenvalue weighted by molar-refractivity contribution is 0.102. The minimum absolute atomic E-state index is 0.00830. The Kier molecular flexibility index (Phi) is 5.35. The molecule has 0 aliphatic heterocycles. The van der Waals surface area contributed by atoms with Gasteiger partial charge < -0.3 is 8.98 Å². The van der Waals surface area contributed by atoms with Gasteiger partial charge in [0.2, 0.25) is 5.16 Å². The second-order valence-corrected chi connectivity index (χ2v) is 7.55. The monoisotopic (exact) mass is 410 g/mol. The number of Topliss-reactive ketones (excluding diaryl/α,β-unsaturated/α-hetero) is 1. The quantitative estimate of drug-likeness (QED) is 0.355. The standard InChI is InChI=1S/C21H19FN4O2S/c1-13-10-17(14(2)26(13)11-15-6-5-9-28-15)19(27)12-29-21-23-20(24-25-21)16-7-3-4-8-18(16)22/h3-10H,11-12H2,1-2H3,(H,23,24,25). The third kappa shape index (κ3) is 4.02. The molecule has 0 unspecified atom stereocenters. The molecule has 0 saturated carbocycles. The number of aromatic amines is 1. The van der Waals surface area contributed by atoms with Gasteiger partial charge >= 0.3 is 0 Å². The topological polar surface area (TPSA) is 76.7 Å². The highest BCUT2D eigenvalue weighted by atomic mass is 32.2. The molecular weight excluding hydrogens is 391 g/mol. The molecule has 3 aromatic heterocycles. The van der Waals surface area contributed by atoms with E-state index >= 15 is 0 Å². The fourth-order valence-corrected chi connectivity index (χ4v) is 3.86. The Balaban J connectivity index is 1.45. The zero-order valence-corrected chi connectivity index (χ0v) is 16.8. The first-order valence-corrected chi connectivity index (χ1v) is 10.0. The van der Waals surface area contributed by atoms with Crippen LogP contribution in [0.5, 0.6) is 0 Å². The Labute approximate surface area is 171 Å². The van der Waals surface area contributed by atoms with Crippen LogP contribution in [-0.4, -0.2) is 31.3 Å². The van der Waals surface area contributed by atoms with E-state index in [0.717, 1.165) is 17.1 Å². The molecule has 0 aliphatic rings. The molecule has 0 fully saturated rings. The molecular formula is C21H19FN4O2S. The lowest BCUT2D eigenvalue weighted by Crippen LogP contribution is -2.07. The molecule has 0 saturated heterocycles. The minimum Gasteiger partial charge on any atom is -0.467 e. The van der Waals surface area contributed by atoms with Crippen molar-refractivity contribution in [1.82, 2.24) is 19.7 Å². The van der Waals surface area contributed by atoms with E-state index in [1.54, 1.807) is 24.5 Å². The largest absolute Gasteiger partial charge is 0.467 e. The normalized spacial score (nSPS) is 11.1. The summed E-state index contributed by atoms with van der Waals surface area (Å²) in [6, 6.07) is 12.0. The number of nitrogens with zero attached hydrogens (tertiary/aromatic N) is 3. The van der Waals surface area contributed by atoms with E-state index in [1.165, 1.54) is 17.8 Å². The van der Waals surface area contributed by atoms with Crippen molar-refractivity contribution < 1.29 is 13.6 Å². The highest BCUT2D eigenvalue weighted by Gasteiger charge is 2.18. The number of benzene rings is 1. The van der Waals surface area contributed by atoms with Crippen LogP contribution in [0.2, 0.25) is 0 Å². The number of rotatable bonds is 7. The fourth-order valence-electron chi connectivity index (χ4n) is 3.18. The summed E-state index contributed by atoms with van der Waals surface area (Å²) < 4.78 is 21.4. The van der Waals surface area contributed by atoms with Crippen LogP contribution in [0, 0.1) is 19.7 Å². The SMILES string of the molecule is Cc1cc(C(=O)CSc2n[nH]c(-c3ccccc3F)n2)c(C)n1Cc1ccco1. The van der Waals surface area contributed by atoms with E-state index in [1.807, 2.05) is 32.0 Å². The first-order valence-electron chi connectivity index (χ1n) is 9.05. The van der Waals surface area contributed by atoms with Gasteiger partial charge in [-0.3, -0.25) is 9.89 Å². The molecule has 1 N–H and O–H groups in total. The molecule has 0 spiro atoms. The van der Waals surface area contributed by atoms with E-state index in [-0.39, 0.29) is 17.4 Å². The number of ketones is 1. The van der Waals surface area contributed by atoms with Crippen LogP contribution in [0.25, 0.3) is 11.4 Å². The van der Waals surface area contributed by atoms with Crippen molar-refractivity contribution in [2.45, 2.75) is 25.5 Å². The van der Waals surface area contributed by atoms with Gasteiger partial charge in [0.1, 0.15) is 11.6 Å². The zero-order valence-electron chi connectivity index (χ0n) is 16.0. The fraction of sp³-hybridized carbons (Fsp3) is 0.190. The van der Waals surface area contributed by atoms with Gasteiger partial charge in [0.05, 0.1) is 24.1 Å². The smallest absolute Gasteiger partial charge is 0.209 e. The molecule has 8 heteroatoms. The molecule has 4 rings (SSSR count). The van der Waals surface area contributed by atoms with E-state index in [0.29, 0.717) is 28.7 Å². The van der Waals surface area contributed by atoms with E-state index in [9.17, 15) is 9.18 Å². The van der Waals surface area contributed by atoms with Crippen molar-refractivity contribution in [3.8, 4) is 11.4 Å². The average molecular weight is 410 g/mol. The molecule has 3 heterocycles. The first-order chi connectivity index (χ1) is 14.0. The van der Waals surface area contributed by atoms with Gasteiger partial charge in [0.25, 0.3) is 0 Å². The summed E-state index contributed by atoms with van der Waals surface area (Å²) in [4.78, 5) is 17.0. The van der Waals surface area contributed by atoms with Crippen molar-refractivity contribution in [3.63, 3.8) is 0 Å². The van der Waals surface area contributed by atoms with Crippen LogP contribution in [-0.2, 0) is 6.54 Å². The summed E-state index contributed by atoms with van der Waals surface area (Å²) in [6.07, 6.45) is 1.64. The molecule has 0 amide bonds. The summed E-state index contributed by atoms with van der Waals surface area (Å²) in [5.74, 6) is 0.988. The predicted molar refractivity (Wildman–Crippen MR) is 109 cm³/mol. The average Bonchev–Trinajstić information content (AvgIpc) is 3.44. The van der Waals surface area contributed by atoms with Crippen molar-refractivity contribution in [3.05, 3.63) is 77.3 Å². The second kappa shape index (κ2) is 8.08. The number of hydrogen-bond donors (Lipinski definition) is 1. The number of H-pyrrole nitrogens is 1. The maximum atomic E-state index is 13.9. The third-order valence-corrected chi connectivity index (χ3v) is 5.54. The van der Waals surface area contributed by atoms with Crippen LogP contribution in [0.15, 0.2) is 58.3 Å². The number of hydrogen-bond acceptors (Lipinski definition) is 5.